The summed E-state index contributed by atoms with van der Waals surface area (Å²) < 4.78 is 0. The van der Waals surface area contributed by atoms with Crippen molar-refractivity contribution in [2.45, 2.75) is 18.4 Å². The summed E-state index contributed by atoms with van der Waals surface area (Å²) in [6.45, 7) is 0.987. The Morgan fingerprint density at radius 1 is 1.18 bits per heavy atom. The summed E-state index contributed by atoms with van der Waals surface area (Å²) in [5, 5.41) is 27.9. The number of benzene rings is 1. The number of phenolic OH excluding ortho intramolecular Hbond substituents is 1. The molecule has 1 fully saturated rings. The average Bonchev–Trinajstić information content (AvgIpc) is 2.31. The standard InChI is InChI=1S/C12H15NO4/c14-10-3-1-9(2-4-10)13-7-5-12(17,6-8-13)11(15)16/h1-4,14,17H,5-8H2,(H,15,16). The molecule has 0 unspecified atom stereocenters. The molecule has 1 aliphatic heterocycles. The Hall–Kier alpha value is -1.75. The van der Waals surface area contributed by atoms with E-state index in [-0.39, 0.29) is 18.6 Å². The van der Waals surface area contributed by atoms with Gasteiger partial charge in [0, 0.05) is 31.6 Å². The molecule has 1 aromatic carbocycles. The Balaban J connectivity index is 2.04. The molecule has 92 valence electrons. The number of carboxylic acid groups (broad SMARTS) is 1. The van der Waals surface area contributed by atoms with Gasteiger partial charge in [-0.05, 0) is 24.3 Å². The lowest BCUT2D eigenvalue weighted by atomic mass is 9.91. The van der Waals surface area contributed by atoms with Gasteiger partial charge in [-0.15, -0.1) is 0 Å². The minimum Gasteiger partial charge on any atom is -0.508 e. The maximum Gasteiger partial charge on any atom is 0.335 e. The van der Waals surface area contributed by atoms with E-state index in [2.05, 4.69) is 0 Å². The summed E-state index contributed by atoms with van der Waals surface area (Å²) >= 11 is 0. The van der Waals surface area contributed by atoms with Crippen molar-refractivity contribution in [2.24, 2.45) is 0 Å². The first-order chi connectivity index (χ1) is 8.01. The third kappa shape index (κ3) is 2.34. The van der Waals surface area contributed by atoms with Crippen molar-refractivity contribution < 1.29 is 20.1 Å². The molecule has 2 rings (SSSR count). The maximum absolute atomic E-state index is 10.9. The molecule has 0 amide bonds. The zero-order valence-electron chi connectivity index (χ0n) is 9.33. The molecule has 0 atom stereocenters. The summed E-state index contributed by atoms with van der Waals surface area (Å²) in [5.74, 6) is -0.948. The number of hydrogen-bond donors (Lipinski definition) is 3. The van der Waals surface area contributed by atoms with Crippen molar-refractivity contribution in [1.29, 1.82) is 0 Å². The lowest BCUT2D eigenvalue weighted by molar-refractivity contribution is -0.160. The van der Waals surface area contributed by atoms with Gasteiger partial charge in [-0.1, -0.05) is 0 Å². The molecule has 17 heavy (non-hydrogen) atoms. The van der Waals surface area contributed by atoms with Crippen molar-refractivity contribution in [3.8, 4) is 5.75 Å². The van der Waals surface area contributed by atoms with Crippen LogP contribution in [0.3, 0.4) is 0 Å². The van der Waals surface area contributed by atoms with E-state index >= 15 is 0 Å². The quantitative estimate of drug-likeness (QED) is 0.709. The van der Waals surface area contributed by atoms with E-state index in [0.29, 0.717) is 13.1 Å². The highest BCUT2D eigenvalue weighted by Crippen LogP contribution is 2.27. The van der Waals surface area contributed by atoms with Gasteiger partial charge in [0.05, 0.1) is 0 Å². The van der Waals surface area contributed by atoms with E-state index in [1.807, 2.05) is 4.90 Å². The number of carbonyl (C=O) groups is 1. The molecule has 1 heterocycles. The predicted molar refractivity (Wildman–Crippen MR) is 62.1 cm³/mol. The number of phenols is 1. The highest BCUT2D eigenvalue weighted by Gasteiger charge is 2.39. The zero-order chi connectivity index (χ0) is 12.5. The molecule has 1 saturated heterocycles. The van der Waals surface area contributed by atoms with Crippen LogP contribution in [0.5, 0.6) is 5.75 Å². The highest BCUT2D eigenvalue weighted by molar-refractivity contribution is 5.77. The fraction of sp³-hybridized carbons (Fsp3) is 0.417. The van der Waals surface area contributed by atoms with Crippen LogP contribution in [-0.2, 0) is 4.79 Å². The van der Waals surface area contributed by atoms with Crippen LogP contribution in [0, 0.1) is 0 Å². The lowest BCUT2D eigenvalue weighted by Gasteiger charge is -2.36. The number of aliphatic hydroxyl groups is 1. The molecule has 1 aromatic rings. The number of anilines is 1. The summed E-state index contributed by atoms with van der Waals surface area (Å²) in [5.41, 5.74) is -0.664. The molecule has 5 heteroatoms. The summed E-state index contributed by atoms with van der Waals surface area (Å²) in [6, 6.07) is 6.74. The minimum atomic E-state index is -1.59. The number of aromatic hydroxyl groups is 1. The first-order valence-corrected chi connectivity index (χ1v) is 5.51. The van der Waals surface area contributed by atoms with Gasteiger partial charge in [-0.25, -0.2) is 4.79 Å². The fourth-order valence-corrected chi connectivity index (χ4v) is 2.01. The van der Waals surface area contributed by atoms with Crippen LogP contribution in [0.15, 0.2) is 24.3 Å². The fourth-order valence-electron chi connectivity index (χ4n) is 2.01. The lowest BCUT2D eigenvalue weighted by Crippen LogP contribution is -2.49. The number of hydrogen-bond acceptors (Lipinski definition) is 4. The predicted octanol–water partition coefficient (Wildman–Crippen LogP) is 0.808. The van der Waals surface area contributed by atoms with Gasteiger partial charge in [-0.3, -0.25) is 0 Å². The average molecular weight is 237 g/mol. The van der Waals surface area contributed by atoms with Crippen molar-refractivity contribution >= 4 is 11.7 Å². The number of carboxylic acids is 1. The van der Waals surface area contributed by atoms with Gasteiger partial charge in [0.1, 0.15) is 5.75 Å². The van der Waals surface area contributed by atoms with Crippen molar-refractivity contribution in [1.82, 2.24) is 0 Å². The number of aliphatic carboxylic acids is 1. The molecule has 1 aliphatic rings. The first kappa shape index (κ1) is 11.7. The zero-order valence-corrected chi connectivity index (χ0v) is 9.33. The van der Waals surface area contributed by atoms with E-state index in [1.54, 1.807) is 24.3 Å². The van der Waals surface area contributed by atoms with Crippen LogP contribution in [0.25, 0.3) is 0 Å². The second-order valence-electron chi connectivity index (χ2n) is 4.34. The van der Waals surface area contributed by atoms with Gasteiger partial charge in [0.15, 0.2) is 5.60 Å². The van der Waals surface area contributed by atoms with Gasteiger partial charge in [0.2, 0.25) is 0 Å². The largest absolute Gasteiger partial charge is 0.508 e. The second kappa shape index (κ2) is 4.25. The van der Waals surface area contributed by atoms with E-state index in [0.717, 1.165) is 5.69 Å². The van der Waals surface area contributed by atoms with Gasteiger partial charge < -0.3 is 20.2 Å². The van der Waals surface area contributed by atoms with Crippen LogP contribution in [0.2, 0.25) is 0 Å². The molecule has 0 saturated carbocycles. The maximum atomic E-state index is 10.9. The molecule has 3 N–H and O–H groups in total. The van der Waals surface area contributed by atoms with Crippen LogP contribution >= 0.6 is 0 Å². The monoisotopic (exact) mass is 237 g/mol. The van der Waals surface area contributed by atoms with Crippen molar-refractivity contribution in [3.63, 3.8) is 0 Å². The molecule has 0 spiro atoms. The normalized spacial score (nSPS) is 19.0. The van der Waals surface area contributed by atoms with Gasteiger partial charge >= 0.3 is 5.97 Å². The molecular formula is C12H15NO4. The molecule has 0 aromatic heterocycles. The Labute approximate surface area is 98.9 Å². The van der Waals surface area contributed by atoms with E-state index in [4.69, 9.17) is 5.11 Å². The SMILES string of the molecule is O=C(O)C1(O)CCN(c2ccc(O)cc2)CC1. The van der Waals surface area contributed by atoms with E-state index in [1.165, 1.54) is 0 Å². The number of nitrogens with zero attached hydrogens (tertiary/aromatic N) is 1. The Kier molecular flexibility index (Phi) is 2.93. The van der Waals surface area contributed by atoms with E-state index in [9.17, 15) is 15.0 Å². The third-order valence-corrected chi connectivity index (χ3v) is 3.20. The van der Waals surface area contributed by atoms with Crippen LogP contribution in [-0.4, -0.2) is 40.0 Å². The van der Waals surface area contributed by atoms with Crippen LogP contribution < -0.4 is 4.90 Å². The minimum absolute atomic E-state index is 0.202. The molecule has 0 radical (unpaired) electrons. The Morgan fingerprint density at radius 2 is 1.71 bits per heavy atom. The van der Waals surface area contributed by atoms with E-state index < -0.39 is 11.6 Å². The summed E-state index contributed by atoms with van der Waals surface area (Å²) in [7, 11) is 0. The topological polar surface area (TPSA) is 81.0 Å². The van der Waals surface area contributed by atoms with Crippen LogP contribution in [0.1, 0.15) is 12.8 Å². The highest BCUT2D eigenvalue weighted by atomic mass is 16.4. The third-order valence-electron chi connectivity index (χ3n) is 3.20. The molecule has 0 aliphatic carbocycles. The summed E-state index contributed by atoms with van der Waals surface area (Å²) in [4.78, 5) is 12.9. The summed E-state index contributed by atoms with van der Waals surface area (Å²) in [6.07, 6.45) is 0.423. The molecular weight excluding hydrogens is 222 g/mol. The Bertz CT molecular complexity index is 407. The van der Waals surface area contributed by atoms with Crippen LogP contribution in [0.4, 0.5) is 5.69 Å². The molecule has 5 nitrogen and oxygen atoms in total. The molecule has 0 bridgehead atoms. The second-order valence-corrected chi connectivity index (χ2v) is 4.34. The Morgan fingerprint density at radius 3 is 2.18 bits per heavy atom. The van der Waals surface area contributed by atoms with Crippen molar-refractivity contribution in [2.75, 3.05) is 18.0 Å². The smallest absolute Gasteiger partial charge is 0.335 e. The van der Waals surface area contributed by atoms with Gasteiger partial charge in [-0.2, -0.15) is 0 Å². The first-order valence-electron chi connectivity index (χ1n) is 5.51. The van der Waals surface area contributed by atoms with Gasteiger partial charge in [0.25, 0.3) is 0 Å². The van der Waals surface area contributed by atoms with Crippen molar-refractivity contribution in [3.05, 3.63) is 24.3 Å². The number of piperidine rings is 1. The number of rotatable bonds is 2.